The molecule has 1 heterocycles. The molecular formula is C19H30ClN3O3. The number of amides is 2. The maximum atomic E-state index is 12.7. The normalized spacial score (nSPS) is 19.7. The molecule has 1 aromatic rings. The van der Waals surface area contributed by atoms with Crippen LogP contribution in [0.3, 0.4) is 0 Å². The summed E-state index contributed by atoms with van der Waals surface area (Å²) < 4.78 is 5.51. The number of hydrogen-bond acceptors (Lipinski definition) is 4. The molecule has 1 aromatic carbocycles. The fraction of sp³-hybridized carbons (Fsp3) is 0.579. The van der Waals surface area contributed by atoms with Crippen LogP contribution in [0.25, 0.3) is 0 Å². The van der Waals surface area contributed by atoms with Crippen LogP contribution in [0.2, 0.25) is 0 Å². The van der Waals surface area contributed by atoms with Crippen molar-refractivity contribution in [2.45, 2.75) is 38.6 Å². The molecule has 0 bridgehead atoms. The molecule has 6 nitrogen and oxygen atoms in total. The monoisotopic (exact) mass is 383 g/mol. The van der Waals surface area contributed by atoms with Gasteiger partial charge in [0.25, 0.3) is 0 Å². The van der Waals surface area contributed by atoms with Crippen molar-refractivity contribution < 1.29 is 14.3 Å². The van der Waals surface area contributed by atoms with Gasteiger partial charge in [-0.3, -0.25) is 9.59 Å². The summed E-state index contributed by atoms with van der Waals surface area (Å²) in [6, 6.07) is 7.34. The van der Waals surface area contributed by atoms with Crippen molar-refractivity contribution in [1.29, 1.82) is 0 Å². The number of nitrogens with one attached hydrogen (secondary N) is 1. The Kier molecular flexibility index (Phi) is 9.44. The molecule has 3 N–H and O–H groups in total. The van der Waals surface area contributed by atoms with Gasteiger partial charge in [-0.1, -0.05) is 31.5 Å². The molecule has 0 aromatic heterocycles. The fourth-order valence-electron chi connectivity index (χ4n) is 3.44. The topological polar surface area (TPSA) is 84.7 Å². The molecule has 146 valence electrons. The summed E-state index contributed by atoms with van der Waals surface area (Å²) in [5, 5.41) is 2.89. The van der Waals surface area contributed by atoms with Crippen molar-refractivity contribution in [3.8, 4) is 5.75 Å². The van der Waals surface area contributed by atoms with Crippen LogP contribution in [0, 0.1) is 5.92 Å². The number of halogens is 1. The minimum atomic E-state index is -0.304. The second-order valence-corrected chi connectivity index (χ2v) is 6.35. The van der Waals surface area contributed by atoms with E-state index in [0.29, 0.717) is 38.2 Å². The number of nitrogens with two attached hydrogens (primary N) is 1. The number of unbranched alkanes of at least 4 members (excludes halogenated alkanes) is 1. The fourth-order valence-corrected chi connectivity index (χ4v) is 3.44. The van der Waals surface area contributed by atoms with Crippen molar-refractivity contribution in [3.63, 3.8) is 0 Å². The Morgan fingerprint density at radius 1 is 1.38 bits per heavy atom. The highest BCUT2D eigenvalue weighted by Gasteiger charge is 2.41. The highest BCUT2D eigenvalue weighted by molar-refractivity contribution is 5.85. The second-order valence-electron chi connectivity index (χ2n) is 6.35. The van der Waals surface area contributed by atoms with E-state index in [0.717, 1.165) is 18.4 Å². The lowest BCUT2D eigenvalue weighted by Crippen LogP contribution is -2.49. The Bertz CT molecular complexity index is 597. The van der Waals surface area contributed by atoms with Gasteiger partial charge in [-0.05, 0) is 18.9 Å². The van der Waals surface area contributed by atoms with Crippen molar-refractivity contribution in [3.05, 3.63) is 29.8 Å². The predicted molar refractivity (Wildman–Crippen MR) is 104 cm³/mol. The Morgan fingerprint density at radius 2 is 2.12 bits per heavy atom. The SMILES string of the molecule is CCCCN1C(=O)CCC(C(=O)NCCN)C1c1ccccc1OC.Cl. The van der Waals surface area contributed by atoms with Crippen LogP contribution < -0.4 is 15.8 Å². The van der Waals surface area contributed by atoms with E-state index in [4.69, 9.17) is 10.5 Å². The van der Waals surface area contributed by atoms with E-state index >= 15 is 0 Å². The quantitative estimate of drug-likeness (QED) is 0.721. The van der Waals surface area contributed by atoms with Crippen molar-refractivity contribution >= 4 is 24.2 Å². The van der Waals surface area contributed by atoms with E-state index in [2.05, 4.69) is 12.2 Å². The summed E-state index contributed by atoms with van der Waals surface area (Å²) in [5.74, 6) is 0.473. The Hall–Kier alpha value is -1.79. The molecule has 7 heteroatoms. The molecule has 26 heavy (non-hydrogen) atoms. The number of piperidine rings is 1. The number of rotatable bonds is 8. The van der Waals surface area contributed by atoms with Crippen molar-refractivity contribution in [2.24, 2.45) is 11.7 Å². The van der Waals surface area contributed by atoms with Gasteiger partial charge in [-0.25, -0.2) is 0 Å². The van der Waals surface area contributed by atoms with E-state index < -0.39 is 0 Å². The smallest absolute Gasteiger partial charge is 0.225 e. The van der Waals surface area contributed by atoms with Crippen LogP contribution in [-0.4, -0.2) is 43.5 Å². The molecule has 2 atom stereocenters. The second kappa shape index (κ2) is 11.0. The van der Waals surface area contributed by atoms with Crippen LogP contribution in [0.1, 0.15) is 44.2 Å². The molecule has 2 amide bonds. The van der Waals surface area contributed by atoms with Crippen molar-refractivity contribution in [1.82, 2.24) is 10.2 Å². The maximum absolute atomic E-state index is 12.7. The minimum absolute atomic E-state index is 0. The summed E-state index contributed by atoms with van der Waals surface area (Å²) in [6.45, 7) is 3.59. The first-order chi connectivity index (χ1) is 12.1. The zero-order chi connectivity index (χ0) is 18.2. The van der Waals surface area contributed by atoms with E-state index in [-0.39, 0.29) is 36.2 Å². The average Bonchev–Trinajstić information content (AvgIpc) is 2.64. The molecule has 1 aliphatic rings. The van der Waals surface area contributed by atoms with Crippen LogP contribution in [0.15, 0.2) is 24.3 Å². The first-order valence-corrected chi connectivity index (χ1v) is 9.04. The van der Waals surface area contributed by atoms with Gasteiger partial charge in [0, 0.05) is 31.6 Å². The zero-order valence-electron chi connectivity index (χ0n) is 15.6. The molecule has 0 saturated carbocycles. The Balaban J connectivity index is 0.00000338. The molecular weight excluding hydrogens is 354 g/mol. The summed E-state index contributed by atoms with van der Waals surface area (Å²) in [4.78, 5) is 27.2. The summed E-state index contributed by atoms with van der Waals surface area (Å²) >= 11 is 0. The van der Waals surface area contributed by atoms with Crippen LogP contribution in [-0.2, 0) is 9.59 Å². The first-order valence-electron chi connectivity index (χ1n) is 9.04. The van der Waals surface area contributed by atoms with Gasteiger partial charge in [-0.15, -0.1) is 12.4 Å². The number of ether oxygens (including phenoxy) is 1. The molecule has 2 rings (SSSR count). The van der Waals surface area contributed by atoms with E-state index in [1.54, 1.807) is 7.11 Å². The number of benzene rings is 1. The molecule has 0 radical (unpaired) electrons. The standard InChI is InChI=1S/C19H29N3O3.ClH/c1-3-4-13-22-17(23)10-9-15(19(24)21-12-11-20)18(22)14-7-5-6-8-16(14)25-2;/h5-8,15,18H,3-4,9-13,20H2,1-2H3,(H,21,24);1H. The summed E-state index contributed by atoms with van der Waals surface area (Å²) in [5.41, 5.74) is 6.40. The van der Waals surface area contributed by atoms with Gasteiger partial charge in [0.1, 0.15) is 5.75 Å². The van der Waals surface area contributed by atoms with E-state index in [1.165, 1.54) is 0 Å². The van der Waals surface area contributed by atoms with Gasteiger partial charge >= 0.3 is 0 Å². The molecule has 1 saturated heterocycles. The number of carbonyl (C=O) groups is 2. The highest BCUT2D eigenvalue weighted by atomic mass is 35.5. The third-order valence-electron chi connectivity index (χ3n) is 4.70. The lowest BCUT2D eigenvalue weighted by molar-refractivity contribution is -0.143. The summed E-state index contributed by atoms with van der Waals surface area (Å²) in [7, 11) is 1.61. The molecule has 0 spiro atoms. The minimum Gasteiger partial charge on any atom is -0.496 e. The van der Waals surface area contributed by atoms with Crippen LogP contribution in [0.4, 0.5) is 0 Å². The van der Waals surface area contributed by atoms with Gasteiger partial charge < -0.3 is 20.7 Å². The largest absolute Gasteiger partial charge is 0.496 e. The highest BCUT2D eigenvalue weighted by Crippen LogP contribution is 2.40. The maximum Gasteiger partial charge on any atom is 0.225 e. The van der Waals surface area contributed by atoms with Gasteiger partial charge in [0.15, 0.2) is 0 Å². The predicted octanol–water partition coefficient (Wildman–Crippen LogP) is 2.27. The molecule has 1 aliphatic heterocycles. The molecule has 2 unspecified atom stereocenters. The average molecular weight is 384 g/mol. The first kappa shape index (κ1) is 22.3. The number of nitrogens with zero attached hydrogens (tertiary/aromatic N) is 1. The number of para-hydroxylation sites is 1. The Labute approximate surface area is 161 Å². The van der Waals surface area contributed by atoms with Gasteiger partial charge in [0.2, 0.25) is 11.8 Å². The third-order valence-corrected chi connectivity index (χ3v) is 4.70. The number of methoxy groups -OCH3 is 1. The molecule has 1 fully saturated rings. The van der Waals surface area contributed by atoms with Crippen LogP contribution >= 0.6 is 12.4 Å². The van der Waals surface area contributed by atoms with Gasteiger partial charge in [0.05, 0.1) is 19.1 Å². The molecule has 0 aliphatic carbocycles. The number of likely N-dealkylation sites (tertiary alicyclic amines) is 1. The lowest BCUT2D eigenvalue weighted by atomic mass is 9.83. The zero-order valence-corrected chi connectivity index (χ0v) is 16.4. The lowest BCUT2D eigenvalue weighted by Gasteiger charge is -2.41. The summed E-state index contributed by atoms with van der Waals surface area (Å²) in [6.07, 6.45) is 2.84. The number of hydrogen-bond donors (Lipinski definition) is 2. The number of carbonyl (C=O) groups excluding carboxylic acids is 2. The van der Waals surface area contributed by atoms with E-state index in [9.17, 15) is 9.59 Å². The third kappa shape index (κ3) is 5.11. The van der Waals surface area contributed by atoms with Gasteiger partial charge in [-0.2, -0.15) is 0 Å². The van der Waals surface area contributed by atoms with E-state index in [1.807, 2.05) is 29.2 Å². The van der Waals surface area contributed by atoms with Crippen molar-refractivity contribution in [2.75, 3.05) is 26.7 Å². The Morgan fingerprint density at radius 3 is 2.77 bits per heavy atom. The van der Waals surface area contributed by atoms with Crippen LogP contribution in [0.5, 0.6) is 5.75 Å².